The zero-order chi connectivity index (χ0) is 28.0. The van der Waals surface area contributed by atoms with Crippen molar-refractivity contribution in [3.63, 3.8) is 0 Å². The number of unbranched alkanes of at least 4 members (excludes halogenated alkanes) is 6. The van der Waals surface area contributed by atoms with Crippen LogP contribution in [0.3, 0.4) is 0 Å². The molecule has 0 amide bonds. The lowest BCUT2D eigenvalue weighted by atomic mass is 9.94. The fraction of sp³-hybridized carbons (Fsp3) is 0.333. The Morgan fingerprint density at radius 2 is 1.24 bits per heavy atom. The van der Waals surface area contributed by atoms with Gasteiger partial charge >= 0.3 is 0 Å². The van der Waals surface area contributed by atoms with Crippen LogP contribution in [0.2, 0.25) is 0 Å². The van der Waals surface area contributed by atoms with Crippen LogP contribution in [0.15, 0.2) is 84.2 Å². The highest BCUT2D eigenvalue weighted by molar-refractivity contribution is 7.19. The van der Waals surface area contributed by atoms with Crippen molar-refractivity contribution in [2.75, 3.05) is 0 Å². The predicted molar refractivity (Wildman–Crippen MR) is 182 cm³/mol. The van der Waals surface area contributed by atoms with E-state index in [0.29, 0.717) is 0 Å². The molecule has 5 aromatic rings. The Labute approximate surface area is 255 Å². The van der Waals surface area contributed by atoms with Crippen molar-refractivity contribution >= 4 is 22.7 Å². The second kappa shape index (κ2) is 13.4. The number of benzene rings is 3. The Bertz CT molecular complexity index is 1550. The molecule has 3 aromatic carbocycles. The van der Waals surface area contributed by atoms with Crippen LogP contribution in [0.1, 0.15) is 87.5 Å². The lowest BCUT2D eigenvalue weighted by molar-refractivity contribution is 0.667. The van der Waals surface area contributed by atoms with Crippen molar-refractivity contribution < 1.29 is 0 Å². The van der Waals surface area contributed by atoms with Gasteiger partial charge in [-0.1, -0.05) is 119 Å². The van der Waals surface area contributed by atoms with Gasteiger partial charge < -0.3 is 0 Å². The minimum atomic E-state index is 1.02. The monoisotopic (exact) mass is 574 g/mol. The fourth-order valence-corrected chi connectivity index (χ4v) is 8.41. The first-order valence-electron chi connectivity index (χ1n) is 15.8. The lowest BCUT2D eigenvalue weighted by Gasteiger charge is -2.11. The molecule has 2 heteroatoms. The first-order valence-corrected chi connectivity index (χ1v) is 17.5. The van der Waals surface area contributed by atoms with Crippen LogP contribution in [-0.4, -0.2) is 0 Å². The predicted octanol–water partition coefficient (Wildman–Crippen LogP) is 12.6. The van der Waals surface area contributed by atoms with E-state index in [9.17, 15) is 0 Å². The van der Waals surface area contributed by atoms with Gasteiger partial charge in [-0.15, -0.1) is 22.7 Å². The van der Waals surface area contributed by atoms with Crippen LogP contribution in [-0.2, 0) is 19.3 Å². The molecule has 0 saturated heterocycles. The molecule has 1 aliphatic carbocycles. The van der Waals surface area contributed by atoms with Crippen LogP contribution in [0, 0.1) is 0 Å². The zero-order valence-corrected chi connectivity index (χ0v) is 26.3. The fourth-order valence-electron chi connectivity index (χ4n) is 6.28. The van der Waals surface area contributed by atoms with Crippen molar-refractivity contribution in [3.8, 4) is 42.4 Å². The smallest absolute Gasteiger partial charge is 0.0430 e. The SMILES string of the molecule is CCCCCCc1ccc(-c2sc3c(c2-c2ccc(CCCCCC)cc2)Cc2cc(-c4cccs4)ccc2-3)cc1. The molecule has 0 saturated carbocycles. The number of hydrogen-bond donors (Lipinski definition) is 0. The molecule has 1 aliphatic rings. The molecule has 0 bridgehead atoms. The van der Waals surface area contributed by atoms with Gasteiger partial charge in [-0.05, 0) is 87.7 Å². The second-order valence-corrected chi connectivity index (χ2v) is 13.6. The highest BCUT2D eigenvalue weighted by Crippen LogP contribution is 2.53. The average Bonchev–Trinajstić information content (AvgIpc) is 3.75. The van der Waals surface area contributed by atoms with Crippen LogP contribution in [0.4, 0.5) is 0 Å². The van der Waals surface area contributed by atoms with Crippen LogP contribution in [0.5, 0.6) is 0 Å². The molecule has 0 atom stereocenters. The number of hydrogen-bond acceptors (Lipinski definition) is 2. The number of aryl methyl sites for hydroxylation is 2. The topological polar surface area (TPSA) is 0 Å². The van der Waals surface area contributed by atoms with E-state index in [-0.39, 0.29) is 0 Å². The maximum atomic E-state index is 2.43. The molecule has 0 fully saturated rings. The van der Waals surface area contributed by atoms with E-state index in [2.05, 4.69) is 98.1 Å². The van der Waals surface area contributed by atoms with Gasteiger partial charge in [-0.2, -0.15) is 0 Å². The standard InChI is InChI=1S/C39H42S2/c1-3-5-7-9-12-28-15-19-30(20-16-28)37-35-27-33-26-32(36-14-11-25-40-36)23-24-34(33)39(35)41-38(37)31-21-17-29(18-22-31)13-10-8-6-4-2/h11,14-26H,3-10,12-13,27H2,1-2H3. The summed E-state index contributed by atoms with van der Waals surface area (Å²) in [6.45, 7) is 4.57. The summed E-state index contributed by atoms with van der Waals surface area (Å²) in [7, 11) is 0. The quantitative estimate of drug-likeness (QED) is 0.120. The summed E-state index contributed by atoms with van der Waals surface area (Å²) in [4.78, 5) is 4.25. The third-order valence-electron chi connectivity index (χ3n) is 8.63. The van der Waals surface area contributed by atoms with Crippen molar-refractivity contribution in [1.82, 2.24) is 0 Å². The first kappa shape index (κ1) is 28.2. The second-order valence-electron chi connectivity index (χ2n) is 11.7. The third-order valence-corrected chi connectivity index (χ3v) is 10.9. The number of fused-ring (bicyclic) bond motifs is 3. The van der Waals surface area contributed by atoms with Crippen LogP contribution >= 0.6 is 22.7 Å². The van der Waals surface area contributed by atoms with Crippen molar-refractivity contribution in [2.45, 2.75) is 84.5 Å². The van der Waals surface area contributed by atoms with Crippen molar-refractivity contribution in [1.29, 1.82) is 0 Å². The van der Waals surface area contributed by atoms with E-state index in [0.717, 1.165) is 6.42 Å². The maximum absolute atomic E-state index is 2.43. The molecule has 210 valence electrons. The lowest BCUT2D eigenvalue weighted by Crippen LogP contribution is -1.90. The molecule has 41 heavy (non-hydrogen) atoms. The van der Waals surface area contributed by atoms with E-state index < -0.39 is 0 Å². The van der Waals surface area contributed by atoms with Gasteiger partial charge in [0.2, 0.25) is 0 Å². The summed E-state index contributed by atoms with van der Waals surface area (Å²) in [6.07, 6.45) is 13.9. The van der Waals surface area contributed by atoms with E-state index in [1.165, 1.54) is 129 Å². The molecule has 0 radical (unpaired) electrons. The van der Waals surface area contributed by atoms with E-state index in [1.807, 2.05) is 22.7 Å². The molecule has 0 N–H and O–H groups in total. The molecule has 0 unspecified atom stereocenters. The van der Waals surface area contributed by atoms with Gasteiger partial charge in [0, 0.05) is 26.6 Å². The highest BCUT2D eigenvalue weighted by Gasteiger charge is 2.28. The summed E-state index contributed by atoms with van der Waals surface area (Å²) in [5.74, 6) is 0. The average molecular weight is 575 g/mol. The van der Waals surface area contributed by atoms with Gasteiger partial charge in [-0.3, -0.25) is 0 Å². The zero-order valence-electron chi connectivity index (χ0n) is 24.7. The van der Waals surface area contributed by atoms with E-state index in [1.54, 1.807) is 0 Å². The third kappa shape index (κ3) is 6.30. The Morgan fingerprint density at radius 3 is 1.85 bits per heavy atom. The first-order chi connectivity index (χ1) is 20.2. The molecular weight excluding hydrogens is 533 g/mol. The van der Waals surface area contributed by atoms with Gasteiger partial charge in [0.25, 0.3) is 0 Å². The van der Waals surface area contributed by atoms with E-state index in [4.69, 9.17) is 0 Å². The molecule has 2 heterocycles. The van der Waals surface area contributed by atoms with Crippen LogP contribution < -0.4 is 0 Å². The number of rotatable bonds is 13. The molecule has 0 spiro atoms. The molecule has 0 aliphatic heterocycles. The Balaban J connectivity index is 1.33. The Hall–Kier alpha value is -2.94. The normalized spacial score (nSPS) is 12.0. The van der Waals surface area contributed by atoms with Crippen LogP contribution in [0.25, 0.3) is 42.4 Å². The molecular formula is C39H42S2. The van der Waals surface area contributed by atoms with Gasteiger partial charge in [0.1, 0.15) is 0 Å². The highest BCUT2D eigenvalue weighted by atomic mass is 32.1. The summed E-state index contributed by atoms with van der Waals surface area (Å²) in [5, 5.41) is 2.17. The minimum absolute atomic E-state index is 1.02. The number of thiophene rings is 2. The van der Waals surface area contributed by atoms with Gasteiger partial charge in [0.05, 0.1) is 0 Å². The molecule has 0 nitrogen and oxygen atoms in total. The summed E-state index contributed by atoms with van der Waals surface area (Å²) in [6, 6.07) is 30.6. The summed E-state index contributed by atoms with van der Waals surface area (Å²) < 4.78 is 0. The summed E-state index contributed by atoms with van der Waals surface area (Å²) in [5.41, 5.74) is 12.9. The molecule has 2 aromatic heterocycles. The van der Waals surface area contributed by atoms with E-state index >= 15 is 0 Å². The van der Waals surface area contributed by atoms with Crippen molar-refractivity contribution in [2.24, 2.45) is 0 Å². The largest absolute Gasteiger partial charge is 0.144 e. The molecule has 6 rings (SSSR count). The van der Waals surface area contributed by atoms with Gasteiger partial charge in [-0.25, -0.2) is 0 Å². The Kier molecular flexibility index (Phi) is 9.19. The minimum Gasteiger partial charge on any atom is -0.144 e. The van der Waals surface area contributed by atoms with Crippen molar-refractivity contribution in [3.05, 3.63) is 106 Å². The Morgan fingerprint density at radius 1 is 0.610 bits per heavy atom. The maximum Gasteiger partial charge on any atom is 0.0430 e. The van der Waals surface area contributed by atoms with Gasteiger partial charge in [0.15, 0.2) is 0 Å². The summed E-state index contributed by atoms with van der Waals surface area (Å²) >= 11 is 3.83.